The van der Waals surface area contributed by atoms with Crippen LogP contribution in [0.2, 0.25) is 0 Å². The number of carbonyl (C=O) groups excluding carboxylic acids is 2. The Labute approximate surface area is 284 Å². The van der Waals surface area contributed by atoms with Gasteiger partial charge in [0.1, 0.15) is 11.8 Å². The van der Waals surface area contributed by atoms with Gasteiger partial charge in [-0.25, -0.2) is 13.2 Å². The number of hydrogen-bond acceptors (Lipinski definition) is 8. The molecule has 4 aromatic carbocycles. The van der Waals surface area contributed by atoms with E-state index in [0.29, 0.717) is 26.8 Å². The van der Waals surface area contributed by atoms with Crippen LogP contribution in [0.15, 0.2) is 101 Å². The highest BCUT2D eigenvalue weighted by atomic mass is 32.2. The third-order valence-electron chi connectivity index (χ3n) is 8.58. The normalized spacial score (nSPS) is 15.7. The average molecular weight is 707 g/mol. The van der Waals surface area contributed by atoms with E-state index in [4.69, 9.17) is 14.2 Å². The SMILES string of the molecule is COC(=O)C1CN(Cc2ccc(OC)cc2)S(=O)(=O)c2c(-c3cccc(C(F)(F)F)c3)c(Cc3cccc4ccccc34)c(OC=O)c(=O)n21. The standard InChI is InChI=1S/C36H29F3N2O8S/c1-47-27-15-13-22(14-16-27)19-40-20-30(35(44)48-2)41-33(43)32(49-21-42)29(18-24-9-5-8-23-7-3-4-12-28(23)24)31(34(41)50(40,45)46)25-10-6-11-26(17-25)36(37,38)39/h3-17,21,30H,18-20H2,1-2H3. The highest BCUT2D eigenvalue weighted by molar-refractivity contribution is 7.89. The minimum Gasteiger partial charge on any atom is -0.497 e. The predicted octanol–water partition coefficient (Wildman–Crippen LogP) is 5.74. The maximum absolute atomic E-state index is 14.8. The Balaban J connectivity index is 1.72. The zero-order valence-corrected chi connectivity index (χ0v) is 27.5. The number of pyridine rings is 1. The number of methoxy groups -OCH3 is 2. The number of esters is 1. The minimum atomic E-state index is -4.83. The number of aromatic nitrogens is 1. The lowest BCUT2D eigenvalue weighted by Crippen LogP contribution is -2.50. The summed E-state index contributed by atoms with van der Waals surface area (Å²) in [5.41, 5.74) is -1.94. The third-order valence-corrected chi connectivity index (χ3v) is 10.4. The number of alkyl halides is 3. The van der Waals surface area contributed by atoms with Gasteiger partial charge in [0.25, 0.3) is 22.1 Å². The molecule has 2 heterocycles. The number of carbonyl (C=O) groups is 2. The molecule has 1 atom stereocenters. The molecule has 5 aromatic rings. The van der Waals surface area contributed by atoms with Crippen molar-refractivity contribution in [2.75, 3.05) is 20.8 Å². The summed E-state index contributed by atoms with van der Waals surface area (Å²) in [6.07, 6.45) is -5.07. The molecule has 0 amide bonds. The Kier molecular flexibility index (Phi) is 9.25. The highest BCUT2D eigenvalue weighted by Gasteiger charge is 2.45. The molecule has 0 bridgehead atoms. The van der Waals surface area contributed by atoms with Gasteiger partial charge < -0.3 is 14.2 Å². The zero-order valence-electron chi connectivity index (χ0n) is 26.6. The maximum Gasteiger partial charge on any atom is 0.416 e. The van der Waals surface area contributed by atoms with Crippen LogP contribution in [0.25, 0.3) is 21.9 Å². The van der Waals surface area contributed by atoms with Crippen LogP contribution in [0, 0.1) is 0 Å². The van der Waals surface area contributed by atoms with Crippen molar-refractivity contribution >= 4 is 33.2 Å². The lowest BCUT2D eigenvalue weighted by molar-refractivity contribution is -0.145. The second kappa shape index (κ2) is 13.4. The van der Waals surface area contributed by atoms with Crippen molar-refractivity contribution in [3.8, 4) is 22.6 Å². The van der Waals surface area contributed by atoms with Crippen molar-refractivity contribution in [1.82, 2.24) is 8.87 Å². The Morgan fingerprint density at radius 2 is 1.66 bits per heavy atom. The average Bonchev–Trinajstić information content (AvgIpc) is 3.11. The Morgan fingerprint density at radius 1 is 0.960 bits per heavy atom. The molecule has 1 unspecified atom stereocenters. The first-order valence-electron chi connectivity index (χ1n) is 15.2. The van der Waals surface area contributed by atoms with E-state index in [1.54, 1.807) is 48.5 Å². The maximum atomic E-state index is 14.8. The van der Waals surface area contributed by atoms with Gasteiger partial charge >= 0.3 is 12.1 Å². The van der Waals surface area contributed by atoms with Gasteiger partial charge in [0.2, 0.25) is 0 Å². The van der Waals surface area contributed by atoms with E-state index < -0.39 is 56.7 Å². The summed E-state index contributed by atoms with van der Waals surface area (Å²) < 4.78 is 88.9. The molecule has 0 radical (unpaired) electrons. The molecule has 0 N–H and O–H groups in total. The Hall–Kier alpha value is -5.47. The van der Waals surface area contributed by atoms with Gasteiger partial charge in [-0.05, 0) is 51.7 Å². The molecule has 0 saturated carbocycles. The van der Waals surface area contributed by atoms with Crippen molar-refractivity contribution in [2.45, 2.75) is 30.2 Å². The molecule has 1 aliphatic heterocycles. The number of sulfonamides is 1. The van der Waals surface area contributed by atoms with Gasteiger partial charge in [0.05, 0.1) is 19.8 Å². The molecule has 1 aliphatic rings. The number of hydrogen-bond donors (Lipinski definition) is 0. The largest absolute Gasteiger partial charge is 0.497 e. The molecule has 14 heteroatoms. The molecule has 1 aromatic heterocycles. The van der Waals surface area contributed by atoms with Gasteiger partial charge in [0.15, 0.2) is 10.8 Å². The molecule has 0 fully saturated rings. The lowest BCUT2D eigenvalue weighted by atomic mass is 9.92. The molecule has 0 saturated heterocycles. The van der Waals surface area contributed by atoms with E-state index in [-0.39, 0.29) is 36.1 Å². The summed E-state index contributed by atoms with van der Waals surface area (Å²) in [6.45, 7) is -0.882. The van der Waals surface area contributed by atoms with Crippen molar-refractivity contribution in [3.05, 3.63) is 124 Å². The van der Waals surface area contributed by atoms with E-state index in [1.807, 2.05) is 18.2 Å². The van der Waals surface area contributed by atoms with E-state index in [2.05, 4.69) is 0 Å². The second-order valence-electron chi connectivity index (χ2n) is 11.5. The van der Waals surface area contributed by atoms with E-state index in [0.717, 1.165) is 35.0 Å². The summed E-state index contributed by atoms with van der Waals surface area (Å²) in [5, 5.41) is 0.754. The fourth-order valence-corrected chi connectivity index (χ4v) is 8.11. The van der Waals surface area contributed by atoms with E-state index >= 15 is 0 Å². The van der Waals surface area contributed by atoms with Crippen LogP contribution in [0.1, 0.15) is 28.3 Å². The number of benzene rings is 4. The van der Waals surface area contributed by atoms with Crippen LogP contribution in [0.3, 0.4) is 0 Å². The molecule has 0 aliphatic carbocycles. The predicted molar refractivity (Wildman–Crippen MR) is 176 cm³/mol. The van der Waals surface area contributed by atoms with Crippen LogP contribution in [0.5, 0.6) is 11.5 Å². The topological polar surface area (TPSA) is 121 Å². The summed E-state index contributed by atoms with van der Waals surface area (Å²) in [7, 11) is -2.26. The van der Waals surface area contributed by atoms with Gasteiger partial charge in [-0.1, -0.05) is 66.7 Å². The van der Waals surface area contributed by atoms with Gasteiger partial charge in [-0.2, -0.15) is 17.5 Å². The summed E-state index contributed by atoms with van der Waals surface area (Å²) in [6, 6.07) is 21.3. The second-order valence-corrected chi connectivity index (χ2v) is 13.3. The minimum absolute atomic E-state index is 0.0351. The van der Waals surface area contributed by atoms with Crippen LogP contribution >= 0.6 is 0 Å². The number of halogens is 3. The van der Waals surface area contributed by atoms with Crippen molar-refractivity contribution in [2.24, 2.45) is 0 Å². The summed E-state index contributed by atoms with van der Waals surface area (Å²) in [4.78, 5) is 39.6. The summed E-state index contributed by atoms with van der Waals surface area (Å²) >= 11 is 0. The fraction of sp³-hybridized carbons (Fsp3) is 0.194. The fourth-order valence-electron chi connectivity index (χ4n) is 6.25. The van der Waals surface area contributed by atoms with Crippen LogP contribution in [-0.2, 0) is 43.5 Å². The number of rotatable bonds is 9. The summed E-state index contributed by atoms with van der Waals surface area (Å²) in [5.74, 6) is -1.14. The zero-order chi connectivity index (χ0) is 35.8. The lowest BCUT2D eigenvalue weighted by Gasteiger charge is -2.36. The van der Waals surface area contributed by atoms with Crippen molar-refractivity contribution < 1.29 is 45.4 Å². The van der Waals surface area contributed by atoms with Crippen molar-refractivity contribution in [1.29, 1.82) is 0 Å². The molecule has 10 nitrogen and oxygen atoms in total. The quantitative estimate of drug-likeness (QED) is 0.141. The number of fused-ring (bicyclic) bond motifs is 2. The number of ether oxygens (including phenoxy) is 3. The Bertz CT molecular complexity index is 2280. The smallest absolute Gasteiger partial charge is 0.416 e. The Morgan fingerprint density at radius 3 is 2.34 bits per heavy atom. The van der Waals surface area contributed by atoms with E-state index in [9.17, 15) is 36.0 Å². The van der Waals surface area contributed by atoms with E-state index in [1.165, 1.54) is 13.2 Å². The molecule has 50 heavy (non-hydrogen) atoms. The molecule has 6 rings (SSSR count). The molecular formula is C36H29F3N2O8S. The number of nitrogens with zero attached hydrogens (tertiary/aromatic N) is 2. The van der Waals surface area contributed by atoms with Gasteiger partial charge in [0, 0.05) is 30.6 Å². The monoisotopic (exact) mass is 706 g/mol. The molecule has 258 valence electrons. The first-order chi connectivity index (χ1) is 23.9. The van der Waals surface area contributed by atoms with Crippen LogP contribution in [-0.4, -0.2) is 50.5 Å². The van der Waals surface area contributed by atoms with Crippen LogP contribution in [0.4, 0.5) is 13.2 Å². The highest BCUT2D eigenvalue weighted by Crippen LogP contribution is 2.43. The first kappa shape index (κ1) is 34.4. The van der Waals surface area contributed by atoms with Crippen molar-refractivity contribution in [3.63, 3.8) is 0 Å². The third kappa shape index (κ3) is 6.23. The first-order valence-corrected chi connectivity index (χ1v) is 16.6. The molecular weight excluding hydrogens is 677 g/mol. The van der Waals surface area contributed by atoms with Gasteiger partial charge in [-0.3, -0.25) is 14.2 Å². The van der Waals surface area contributed by atoms with Gasteiger partial charge in [-0.15, -0.1) is 0 Å². The molecule has 0 spiro atoms. The van der Waals surface area contributed by atoms with Crippen LogP contribution < -0.4 is 15.0 Å².